The number of hydrogen-bond donors (Lipinski definition) is 0. The Bertz CT molecular complexity index is 569. The van der Waals surface area contributed by atoms with Crippen LogP contribution in [0.2, 0.25) is 0 Å². The molecule has 0 radical (unpaired) electrons. The highest BCUT2D eigenvalue weighted by Gasteiger charge is 2.13. The second kappa shape index (κ2) is 6.82. The fourth-order valence-electron chi connectivity index (χ4n) is 1.94. The summed E-state index contributed by atoms with van der Waals surface area (Å²) in [5.74, 6) is -1.75. The Morgan fingerprint density at radius 2 is 1.65 bits per heavy atom. The molecule has 0 N–H and O–H groups in total. The lowest BCUT2D eigenvalue weighted by Crippen LogP contribution is -1.98. The molecule has 0 aromatic heterocycles. The van der Waals surface area contributed by atoms with Gasteiger partial charge in [0.1, 0.15) is 0 Å². The summed E-state index contributed by atoms with van der Waals surface area (Å²) in [6, 6.07) is 11.4. The van der Waals surface area contributed by atoms with Crippen molar-refractivity contribution in [3.05, 3.63) is 70.8 Å². The molecule has 0 heterocycles. The standard InChI is InChI=1S/C16H15ClF2O/c1-20-9-8-11-2-4-12(5-3-11)16(17)13-6-7-14(18)15(19)10-13/h2-7,10,16H,8-9H2,1H3. The Balaban J connectivity index is 2.15. The molecule has 0 aliphatic carbocycles. The molecule has 0 bridgehead atoms. The summed E-state index contributed by atoms with van der Waals surface area (Å²) in [5.41, 5.74) is 2.53. The molecule has 20 heavy (non-hydrogen) atoms. The first-order valence-electron chi connectivity index (χ1n) is 6.28. The van der Waals surface area contributed by atoms with Crippen molar-refractivity contribution in [3.63, 3.8) is 0 Å². The van der Waals surface area contributed by atoms with Crippen molar-refractivity contribution in [1.82, 2.24) is 0 Å². The fourth-order valence-corrected chi connectivity index (χ4v) is 2.22. The monoisotopic (exact) mass is 296 g/mol. The van der Waals surface area contributed by atoms with Gasteiger partial charge in [0, 0.05) is 7.11 Å². The van der Waals surface area contributed by atoms with Crippen LogP contribution in [0.25, 0.3) is 0 Å². The van der Waals surface area contributed by atoms with Gasteiger partial charge in [0.25, 0.3) is 0 Å². The van der Waals surface area contributed by atoms with Crippen LogP contribution in [0.4, 0.5) is 8.78 Å². The van der Waals surface area contributed by atoms with E-state index in [0.29, 0.717) is 12.2 Å². The Kier molecular flexibility index (Phi) is 5.10. The number of ether oxygens (including phenoxy) is 1. The van der Waals surface area contributed by atoms with Crippen molar-refractivity contribution in [2.24, 2.45) is 0 Å². The molecule has 0 amide bonds. The minimum Gasteiger partial charge on any atom is -0.384 e. The van der Waals surface area contributed by atoms with Crippen LogP contribution in [0.1, 0.15) is 22.1 Å². The average Bonchev–Trinajstić information content (AvgIpc) is 2.48. The van der Waals surface area contributed by atoms with Crippen molar-refractivity contribution >= 4 is 11.6 Å². The second-order valence-electron chi connectivity index (χ2n) is 4.52. The van der Waals surface area contributed by atoms with Crippen LogP contribution in [0, 0.1) is 11.6 Å². The number of rotatable bonds is 5. The van der Waals surface area contributed by atoms with Gasteiger partial charge in [-0.05, 0) is 35.2 Å². The van der Waals surface area contributed by atoms with E-state index >= 15 is 0 Å². The molecule has 0 spiro atoms. The molecule has 0 aliphatic heterocycles. The molecule has 1 nitrogen and oxygen atoms in total. The van der Waals surface area contributed by atoms with Gasteiger partial charge in [-0.2, -0.15) is 0 Å². The molecular formula is C16H15ClF2O. The van der Waals surface area contributed by atoms with Crippen molar-refractivity contribution < 1.29 is 13.5 Å². The number of halogens is 3. The fraction of sp³-hybridized carbons (Fsp3) is 0.250. The van der Waals surface area contributed by atoms with Crippen LogP contribution in [-0.4, -0.2) is 13.7 Å². The van der Waals surface area contributed by atoms with Crippen LogP contribution in [0.3, 0.4) is 0 Å². The molecule has 2 aromatic carbocycles. The number of alkyl halides is 1. The molecule has 4 heteroatoms. The van der Waals surface area contributed by atoms with E-state index in [4.69, 9.17) is 16.3 Å². The topological polar surface area (TPSA) is 9.23 Å². The van der Waals surface area contributed by atoms with E-state index in [1.165, 1.54) is 6.07 Å². The quantitative estimate of drug-likeness (QED) is 0.739. The highest BCUT2D eigenvalue weighted by molar-refractivity contribution is 6.22. The van der Waals surface area contributed by atoms with Gasteiger partial charge in [-0.3, -0.25) is 0 Å². The van der Waals surface area contributed by atoms with E-state index in [9.17, 15) is 8.78 Å². The largest absolute Gasteiger partial charge is 0.384 e. The summed E-state index contributed by atoms with van der Waals surface area (Å²) in [6.45, 7) is 0.660. The van der Waals surface area contributed by atoms with Gasteiger partial charge in [0.2, 0.25) is 0 Å². The molecule has 0 aliphatic rings. The minimum atomic E-state index is -0.884. The number of benzene rings is 2. The maximum absolute atomic E-state index is 13.2. The number of methoxy groups -OCH3 is 1. The van der Waals surface area contributed by atoms with Crippen molar-refractivity contribution in [3.8, 4) is 0 Å². The molecule has 2 aromatic rings. The van der Waals surface area contributed by atoms with Crippen molar-refractivity contribution in [1.29, 1.82) is 0 Å². The Morgan fingerprint density at radius 3 is 2.25 bits per heavy atom. The zero-order valence-corrected chi connectivity index (χ0v) is 11.8. The summed E-state index contributed by atoms with van der Waals surface area (Å²) in [6.07, 6.45) is 0.828. The van der Waals surface area contributed by atoms with Gasteiger partial charge >= 0.3 is 0 Å². The summed E-state index contributed by atoms with van der Waals surface area (Å²) < 4.78 is 31.1. The van der Waals surface area contributed by atoms with Gasteiger partial charge in [-0.1, -0.05) is 30.3 Å². The third kappa shape index (κ3) is 3.56. The SMILES string of the molecule is COCCc1ccc(C(Cl)c2ccc(F)c(F)c2)cc1. The molecule has 2 rings (SSSR count). The summed E-state index contributed by atoms with van der Waals surface area (Å²) in [4.78, 5) is 0. The third-order valence-electron chi connectivity index (χ3n) is 3.10. The average molecular weight is 297 g/mol. The first-order chi connectivity index (χ1) is 9.61. The molecular weight excluding hydrogens is 282 g/mol. The van der Waals surface area contributed by atoms with Crippen molar-refractivity contribution in [2.75, 3.05) is 13.7 Å². The van der Waals surface area contributed by atoms with Crippen LogP contribution in [0.15, 0.2) is 42.5 Å². The van der Waals surface area contributed by atoms with Gasteiger partial charge in [0.05, 0.1) is 12.0 Å². The van der Waals surface area contributed by atoms with Crippen LogP contribution in [0.5, 0.6) is 0 Å². The van der Waals surface area contributed by atoms with E-state index in [2.05, 4.69) is 0 Å². The first kappa shape index (κ1) is 14.9. The minimum absolute atomic E-state index is 0.499. The molecule has 106 valence electrons. The van der Waals surface area contributed by atoms with Gasteiger partial charge in [-0.15, -0.1) is 11.6 Å². The molecule has 1 atom stereocenters. The third-order valence-corrected chi connectivity index (χ3v) is 3.61. The smallest absolute Gasteiger partial charge is 0.159 e. The van der Waals surface area contributed by atoms with Crippen LogP contribution in [-0.2, 0) is 11.2 Å². The maximum atomic E-state index is 13.2. The summed E-state index contributed by atoms with van der Waals surface area (Å²) in [5, 5.41) is -0.499. The van der Waals surface area contributed by atoms with E-state index in [1.807, 2.05) is 24.3 Å². The van der Waals surface area contributed by atoms with E-state index < -0.39 is 17.0 Å². The van der Waals surface area contributed by atoms with Crippen LogP contribution < -0.4 is 0 Å². The first-order valence-corrected chi connectivity index (χ1v) is 6.72. The zero-order valence-electron chi connectivity index (χ0n) is 11.1. The Labute approximate surface area is 122 Å². The van der Waals surface area contributed by atoms with E-state index in [0.717, 1.165) is 29.7 Å². The van der Waals surface area contributed by atoms with Crippen molar-refractivity contribution in [2.45, 2.75) is 11.8 Å². The molecule has 1 unspecified atom stereocenters. The highest BCUT2D eigenvalue weighted by Crippen LogP contribution is 2.29. The van der Waals surface area contributed by atoms with Crippen LogP contribution >= 0.6 is 11.6 Å². The van der Waals surface area contributed by atoms with Gasteiger partial charge in [0.15, 0.2) is 11.6 Å². The zero-order chi connectivity index (χ0) is 14.5. The highest BCUT2D eigenvalue weighted by atomic mass is 35.5. The lowest BCUT2D eigenvalue weighted by atomic mass is 10.0. The maximum Gasteiger partial charge on any atom is 0.159 e. The van der Waals surface area contributed by atoms with Gasteiger partial charge < -0.3 is 4.74 Å². The predicted molar refractivity (Wildman–Crippen MR) is 76.1 cm³/mol. The molecule has 0 saturated carbocycles. The lowest BCUT2D eigenvalue weighted by Gasteiger charge is -2.11. The lowest BCUT2D eigenvalue weighted by molar-refractivity contribution is 0.202. The summed E-state index contributed by atoms with van der Waals surface area (Å²) in [7, 11) is 1.66. The Hall–Kier alpha value is -1.45. The molecule has 0 saturated heterocycles. The van der Waals surface area contributed by atoms with E-state index in [1.54, 1.807) is 7.11 Å². The number of hydrogen-bond acceptors (Lipinski definition) is 1. The molecule has 0 fully saturated rings. The van der Waals surface area contributed by atoms with E-state index in [-0.39, 0.29) is 0 Å². The predicted octanol–water partition coefficient (Wildman–Crippen LogP) is 4.48. The normalized spacial score (nSPS) is 12.4. The Morgan fingerprint density at radius 1 is 1.00 bits per heavy atom. The second-order valence-corrected chi connectivity index (χ2v) is 4.96. The summed E-state index contributed by atoms with van der Waals surface area (Å²) >= 11 is 6.30. The van der Waals surface area contributed by atoms with Gasteiger partial charge in [-0.25, -0.2) is 8.78 Å².